The van der Waals surface area contributed by atoms with Crippen molar-refractivity contribution in [1.82, 2.24) is 13.8 Å². The summed E-state index contributed by atoms with van der Waals surface area (Å²) in [6, 6.07) is 8.86. The van der Waals surface area contributed by atoms with Gasteiger partial charge in [-0.2, -0.15) is 4.31 Å². The maximum Gasteiger partial charge on any atom is 0.272 e. The molecule has 2 aliphatic heterocycles. The summed E-state index contributed by atoms with van der Waals surface area (Å²) in [5.74, 6) is -0.212. The van der Waals surface area contributed by atoms with Crippen molar-refractivity contribution in [2.75, 3.05) is 25.0 Å². The second-order valence-corrected chi connectivity index (χ2v) is 10.5. The Bertz CT molecular complexity index is 1100. The number of likely N-dealkylation sites (tertiary alicyclic amines) is 1. The summed E-state index contributed by atoms with van der Waals surface area (Å²) in [5.41, 5.74) is 1.83. The Morgan fingerprint density at radius 1 is 1.03 bits per heavy atom. The summed E-state index contributed by atoms with van der Waals surface area (Å²) >= 11 is 0. The SMILES string of the molecule is Cn1cc(S(=O)(=O)N2CCCCC2)cc1C(=O)Nc1cccc(CN2CCCCC2=O)c1. The van der Waals surface area contributed by atoms with Crippen LogP contribution in [0.5, 0.6) is 0 Å². The summed E-state index contributed by atoms with van der Waals surface area (Å²) in [7, 11) is -1.93. The number of aromatic nitrogens is 1. The number of nitrogens with one attached hydrogen (secondary N) is 1. The minimum atomic E-state index is -3.60. The van der Waals surface area contributed by atoms with Gasteiger partial charge >= 0.3 is 0 Å². The van der Waals surface area contributed by atoms with Crippen LogP contribution in [0.25, 0.3) is 0 Å². The van der Waals surface area contributed by atoms with Crippen LogP contribution in [0.3, 0.4) is 0 Å². The van der Waals surface area contributed by atoms with Gasteiger partial charge in [0.15, 0.2) is 0 Å². The minimum Gasteiger partial charge on any atom is -0.345 e. The molecule has 0 saturated carbocycles. The van der Waals surface area contributed by atoms with Gasteiger partial charge in [-0.1, -0.05) is 18.6 Å². The molecule has 2 fully saturated rings. The zero-order valence-corrected chi connectivity index (χ0v) is 19.2. The summed E-state index contributed by atoms with van der Waals surface area (Å²) in [6.07, 6.45) is 6.80. The molecule has 3 heterocycles. The summed E-state index contributed by atoms with van der Waals surface area (Å²) in [5, 5.41) is 2.86. The van der Waals surface area contributed by atoms with Crippen molar-refractivity contribution in [2.45, 2.75) is 50.0 Å². The number of anilines is 1. The van der Waals surface area contributed by atoms with E-state index in [1.54, 1.807) is 17.7 Å². The molecule has 0 unspecified atom stereocenters. The number of piperidine rings is 2. The molecular formula is C23H30N4O4S. The van der Waals surface area contributed by atoms with Crippen molar-refractivity contribution >= 4 is 27.5 Å². The van der Waals surface area contributed by atoms with Crippen LogP contribution in [0, 0.1) is 0 Å². The van der Waals surface area contributed by atoms with Gasteiger partial charge < -0.3 is 14.8 Å². The van der Waals surface area contributed by atoms with E-state index < -0.39 is 10.0 Å². The van der Waals surface area contributed by atoms with E-state index in [2.05, 4.69) is 5.32 Å². The van der Waals surface area contributed by atoms with E-state index in [0.29, 0.717) is 31.7 Å². The molecule has 1 aromatic heterocycles. The molecule has 0 bridgehead atoms. The highest BCUT2D eigenvalue weighted by Gasteiger charge is 2.28. The van der Waals surface area contributed by atoms with E-state index in [1.807, 2.05) is 23.1 Å². The maximum absolute atomic E-state index is 12.9. The fourth-order valence-electron chi connectivity index (χ4n) is 4.35. The van der Waals surface area contributed by atoms with Gasteiger partial charge in [0.1, 0.15) is 10.6 Å². The Balaban J connectivity index is 1.47. The number of carbonyl (C=O) groups is 2. The summed E-state index contributed by atoms with van der Waals surface area (Å²) in [4.78, 5) is 27.0. The van der Waals surface area contributed by atoms with Crippen LogP contribution in [0.4, 0.5) is 5.69 Å². The van der Waals surface area contributed by atoms with Gasteiger partial charge in [0.05, 0.1) is 0 Å². The lowest BCUT2D eigenvalue weighted by Gasteiger charge is -2.26. The lowest BCUT2D eigenvalue weighted by atomic mass is 10.1. The Labute approximate surface area is 189 Å². The smallest absolute Gasteiger partial charge is 0.272 e. The van der Waals surface area contributed by atoms with Crippen molar-refractivity contribution in [2.24, 2.45) is 7.05 Å². The van der Waals surface area contributed by atoms with E-state index in [0.717, 1.165) is 44.2 Å². The van der Waals surface area contributed by atoms with Gasteiger partial charge in [-0.3, -0.25) is 9.59 Å². The van der Waals surface area contributed by atoms with Gasteiger partial charge in [0, 0.05) is 51.5 Å². The minimum absolute atomic E-state index is 0.143. The number of benzene rings is 1. The third-order valence-electron chi connectivity index (χ3n) is 6.14. The first kappa shape index (κ1) is 22.5. The fourth-order valence-corrected chi connectivity index (χ4v) is 5.94. The van der Waals surface area contributed by atoms with E-state index in [1.165, 1.54) is 16.6 Å². The third-order valence-corrected chi connectivity index (χ3v) is 8.01. The molecular weight excluding hydrogens is 428 g/mol. The van der Waals surface area contributed by atoms with Crippen LogP contribution in [-0.2, 0) is 28.4 Å². The largest absolute Gasteiger partial charge is 0.345 e. The second kappa shape index (κ2) is 9.46. The average molecular weight is 459 g/mol. The molecule has 2 saturated heterocycles. The van der Waals surface area contributed by atoms with Crippen molar-refractivity contribution < 1.29 is 18.0 Å². The monoisotopic (exact) mass is 458 g/mol. The number of hydrogen-bond acceptors (Lipinski definition) is 4. The average Bonchev–Trinajstić information content (AvgIpc) is 3.19. The van der Waals surface area contributed by atoms with Crippen molar-refractivity contribution in [3.8, 4) is 0 Å². The van der Waals surface area contributed by atoms with Crippen LogP contribution in [-0.4, -0.2) is 53.6 Å². The van der Waals surface area contributed by atoms with Crippen molar-refractivity contribution in [3.05, 3.63) is 47.8 Å². The molecule has 1 aromatic carbocycles. The quantitative estimate of drug-likeness (QED) is 0.720. The molecule has 172 valence electrons. The molecule has 0 radical (unpaired) electrons. The fraction of sp³-hybridized carbons (Fsp3) is 0.478. The van der Waals surface area contributed by atoms with Gasteiger partial charge in [-0.25, -0.2) is 8.42 Å². The Kier molecular flexibility index (Phi) is 6.66. The topological polar surface area (TPSA) is 91.7 Å². The van der Waals surface area contributed by atoms with E-state index in [-0.39, 0.29) is 22.4 Å². The lowest BCUT2D eigenvalue weighted by Crippen LogP contribution is -2.35. The van der Waals surface area contributed by atoms with Crippen molar-refractivity contribution in [1.29, 1.82) is 0 Å². The molecule has 4 rings (SSSR count). The van der Waals surface area contributed by atoms with Gasteiger partial charge in [-0.15, -0.1) is 0 Å². The molecule has 9 heteroatoms. The Hall–Kier alpha value is -2.65. The standard InChI is InChI=1S/C23H30N4O4S/c1-25-17-20(32(30,31)27-12-4-2-5-13-27)15-21(25)23(29)24-19-9-7-8-18(14-19)16-26-11-6-3-10-22(26)28/h7-9,14-15,17H,2-6,10-13,16H2,1H3,(H,24,29). The van der Waals surface area contributed by atoms with Gasteiger partial charge in [0.2, 0.25) is 15.9 Å². The molecule has 1 N–H and O–H groups in total. The first-order valence-electron chi connectivity index (χ1n) is 11.2. The molecule has 0 spiro atoms. The first-order chi connectivity index (χ1) is 15.3. The summed E-state index contributed by atoms with van der Waals surface area (Å²) in [6.45, 7) is 2.31. The van der Waals surface area contributed by atoms with E-state index in [4.69, 9.17) is 0 Å². The van der Waals surface area contributed by atoms with E-state index >= 15 is 0 Å². The number of sulfonamides is 1. The predicted molar refractivity (Wildman–Crippen MR) is 122 cm³/mol. The zero-order valence-electron chi connectivity index (χ0n) is 18.4. The predicted octanol–water partition coefficient (Wildman–Crippen LogP) is 2.96. The number of nitrogens with zero attached hydrogens (tertiary/aromatic N) is 3. The third kappa shape index (κ3) is 4.88. The maximum atomic E-state index is 12.9. The number of hydrogen-bond donors (Lipinski definition) is 1. The van der Waals surface area contributed by atoms with Crippen LogP contribution >= 0.6 is 0 Å². The zero-order chi connectivity index (χ0) is 22.7. The van der Waals surface area contributed by atoms with Crippen LogP contribution in [0.1, 0.15) is 54.6 Å². The highest BCUT2D eigenvalue weighted by molar-refractivity contribution is 7.89. The van der Waals surface area contributed by atoms with Crippen LogP contribution < -0.4 is 5.32 Å². The molecule has 0 aliphatic carbocycles. The first-order valence-corrected chi connectivity index (χ1v) is 12.6. The van der Waals surface area contributed by atoms with E-state index in [9.17, 15) is 18.0 Å². The summed E-state index contributed by atoms with van der Waals surface area (Å²) < 4.78 is 28.9. The number of aryl methyl sites for hydroxylation is 1. The number of amides is 2. The van der Waals surface area contributed by atoms with Crippen LogP contribution in [0.2, 0.25) is 0 Å². The number of carbonyl (C=O) groups excluding carboxylic acids is 2. The molecule has 8 nitrogen and oxygen atoms in total. The lowest BCUT2D eigenvalue weighted by molar-refractivity contribution is -0.133. The van der Waals surface area contributed by atoms with Gasteiger partial charge in [0.25, 0.3) is 5.91 Å². The van der Waals surface area contributed by atoms with Crippen molar-refractivity contribution in [3.63, 3.8) is 0 Å². The van der Waals surface area contributed by atoms with Gasteiger partial charge in [-0.05, 0) is 49.4 Å². The molecule has 2 amide bonds. The molecule has 2 aliphatic rings. The second-order valence-electron chi connectivity index (χ2n) is 8.56. The van der Waals surface area contributed by atoms with Crippen LogP contribution in [0.15, 0.2) is 41.4 Å². The number of rotatable bonds is 6. The highest BCUT2D eigenvalue weighted by Crippen LogP contribution is 2.23. The highest BCUT2D eigenvalue weighted by atomic mass is 32.2. The Morgan fingerprint density at radius 2 is 1.78 bits per heavy atom. The Morgan fingerprint density at radius 3 is 2.53 bits per heavy atom. The molecule has 32 heavy (non-hydrogen) atoms. The normalized spacial score (nSPS) is 18.0. The molecule has 2 aromatic rings. The molecule has 0 atom stereocenters.